The summed E-state index contributed by atoms with van der Waals surface area (Å²) >= 11 is 7.63. The molecule has 1 aromatic heterocycles. The van der Waals surface area contributed by atoms with Crippen LogP contribution >= 0.6 is 22.9 Å². The van der Waals surface area contributed by atoms with Crippen LogP contribution in [0.25, 0.3) is 0 Å². The van der Waals surface area contributed by atoms with Gasteiger partial charge in [0.2, 0.25) is 0 Å². The van der Waals surface area contributed by atoms with E-state index < -0.39 is 5.79 Å². The van der Waals surface area contributed by atoms with Gasteiger partial charge in [0.15, 0.2) is 11.7 Å². The van der Waals surface area contributed by atoms with E-state index in [2.05, 4.69) is 10.3 Å². The highest BCUT2D eigenvalue weighted by molar-refractivity contribution is 7.15. The Kier molecular flexibility index (Phi) is 6.71. The molecule has 1 unspecified atom stereocenters. The van der Waals surface area contributed by atoms with Crippen LogP contribution in [0.4, 0.5) is 5.69 Å². The van der Waals surface area contributed by atoms with Crippen molar-refractivity contribution in [3.8, 4) is 0 Å². The normalized spacial score (nSPS) is 23.5. The van der Waals surface area contributed by atoms with Crippen LogP contribution < -0.4 is 11.1 Å². The van der Waals surface area contributed by atoms with E-state index in [0.29, 0.717) is 23.5 Å². The highest BCUT2D eigenvalue weighted by Gasteiger charge is 2.46. The molecule has 1 aliphatic heterocycles. The molecule has 0 amide bonds. The van der Waals surface area contributed by atoms with Gasteiger partial charge in [0.1, 0.15) is 10.4 Å². The lowest BCUT2D eigenvalue weighted by molar-refractivity contribution is -0.187. The zero-order valence-corrected chi connectivity index (χ0v) is 15.6. The topological polar surface area (TPSA) is 68.9 Å². The van der Waals surface area contributed by atoms with Gasteiger partial charge in [-0.05, 0) is 30.7 Å². The number of nitrogens with two attached hydrogens (primary N) is 1. The van der Waals surface area contributed by atoms with Crippen molar-refractivity contribution in [1.29, 1.82) is 0 Å². The zero-order valence-electron chi connectivity index (χ0n) is 14.0. The number of hydrogen-bond acceptors (Lipinski definition) is 4. The van der Waals surface area contributed by atoms with Crippen molar-refractivity contribution in [1.82, 2.24) is 0 Å². The Balaban J connectivity index is 0.000000924. The highest BCUT2D eigenvalue weighted by Crippen LogP contribution is 2.38. The number of nitrogens with one attached hydrogen (secondary N) is 1. The van der Waals surface area contributed by atoms with E-state index >= 15 is 0 Å². The fourth-order valence-corrected chi connectivity index (χ4v) is 4.01. The van der Waals surface area contributed by atoms with Gasteiger partial charge < -0.3 is 20.5 Å². The fraction of sp³-hybridized carbons (Fsp3) is 0.688. The van der Waals surface area contributed by atoms with E-state index in [9.17, 15) is 0 Å². The zero-order chi connectivity index (χ0) is 16.9. The van der Waals surface area contributed by atoms with Gasteiger partial charge in [-0.2, -0.15) is 0 Å². The third kappa shape index (κ3) is 4.18. The van der Waals surface area contributed by atoms with Crippen molar-refractivity contribution in [2.45, 2.75) is 58.3 Å². The number of hydrogen-bond donors (Lipinski definition) is 2. The molecule has 2 fully saturated rings. The second-order valence-electron chi connectivity index (χ2n) is 5.48. The second kappa shape index (κ2) is 8.33. The van der Waals surface area contributed by atoms with Gasteiger partial charge in [0.05, 0.1) is 18.9 Å². The Morgan fingerprint density at radius 3 is 2.70 bits per heavy atom. The third-order valence-corrected chi connectivity index (χ3v) is 5.35. The molecule has 0 aromatic carbocycles. The van der Waals surface area contributed by atoms with Crippen LogP contribution in [0.3, 0.4) is 0 Å². The van der Waals surface area contributed by atoms with Gasteiger partial charge in [0, 0.05) is 6.42 Å². The summed E-state index contributed by atoms with van der Waals surface area (Å²) in [5.41, 5.74) is 7.96. The van der Waals surface area contributed by atoms with Crippen LogP contribution in [-0.2, 0) is 9.47 Å². The van der Waals surface area contributed by atoms with Crippen LogP contribution in [0.1, 0.15) is 45.1 Å². The summed E-state index contributed by atoms with van der Waals surface area (Å²) in [7, 11) is 0. The maximum Gasteiger partial charge on any atom is 0.193 e. The van der Waals surface area contributed by atoms with Crippen molar-refractivity contribution in [3.63, 3.8) is 0 Å². The lowest BCUT2D eigenvalue weighted by Gasteiger charge is -2.37. The number of halogens is 1. The molecular weight excluding hydrogens is 334 g/mol. The van der Waals surface area contributed by atoms with Gasteiger partial charge in [-0.3, -0.25) is 0 Å². The molecule has 5 nitrogen and oxygen atoms in total. The minimum Gasteiger partial charge on any atom is -0.370 e. The van der Waals surface area contributed by atoms with Crippen molar-refractivity contribution in [2.24, 2.45) is 10.7 Å². The van der Waals surface area contributed by atoms with Crippen molar-refractivity contribution >= 4 is 34.6 Å². The van der Waals surface area contributed by atoms with Gasteiger partial charge in [0.25, 0.3) is 0 Å². The summed E-state index contributed by atoms with van der Waals surface area (Å²) in [6.45, 7) is 7.26. The molecule has 3 N–H and O–H groups in total. The Morgan fingerprint density at radius 2 is 2.09 bits per heavy atom. The molecule has 1 atom stereocenters. The Bertz CT molecular complexity index is 522. The van der Waals surface area contributed by atoms with Gasteiger partial charge in [-0.15, -0.1) is 11.3 Å². The van der Waals surface area contributed by atoms with E-state index in [-0.39, 0.29) is 6.04 Å². The van der Waals surface area contributed by atoms with Crippen LogP contribution in [0.15, 0.2) is 10.4 Å². The number of aliphatic imine (C=N–C) groups is 1. The summed E-state index contributed by atoms with van der Waals surface area (Å²) < 4.78 is 12.4. The molecule has 2 aliphatic rings. The predicted molar refractivity (Wildman–Crippen MR) is 97.6 cm³/mol. The number of nitrogens with zero attached hydrogens (tertiary/aromatic N) is 1. The van der Waals surface area contributed by atoms with Gasteiger partial charge in [-0.1, -0.05) is 31.9 Å². The molecule has 23 heavy (non-hydrogen) atoms. The van der Waals surface area contributed by atoms with E-state index in [1.54, 1.807) is 0 Å². The molecule has 7 heteroatoms. The summed E-state index contributed by atoms with van der Waals surface area (Å²) in [4.78, 5) is 4.61. The Hall–Kier alpha value is -0.820. The largest absolute Gasteiger partial charge is 0.370 e. The molecule has 1 aromatic rings. The SMILES string of the molecule is CC.Cc1csc(Cl)c1NC(N)=NC1CCCCC12OCCO2. The number of ether oxygens (including phenoxy) is 2. The lowest BCUT2D eigenvalue weighted by atomic mass is 9.89. The minimum absolute atomic E-state index is 0.0565. The number of anilines is 1. The first-order valence-corrected chi connectivity index (χ1v) is 9.48. The molecule has 0 bridgehead atoms. The molecule has 2 heterocycles. The molecule has 3 rings (SSSR count). The number of guanidine groups is 1. The summed E-state index contributed by atoms with van der Waals surface area (Å²) in [6.07, 6.45) is 4.04. The molecular formula is C16H26ClN3O2S. The molecule has 1 aliphatic carbocycles. The third-order valence-electron chi connectivity index (χ3n) is 4.01. The maximum absolute atomic E-state index is 6.15. The summed E-state index contributed by atoms with van der Waals surface area (Å²) in [6, 6.07) is -0.0565. The van der Waals surface area contributed by atoms with Crippen LogP contribution in [-0.4, -0.2) is 31.0 Å². The summed E-state index contributed by atoms with van der Waals surface area (Å²) in [5.74, 6) is -0.207. The Morgan fingerprint density at radius 1 is 1.39 bits per heavy atom. The minimum atomic E-state index is -0.571. The van der Waals surface area contributed by atoms with E-state index in [1.165, 1.54) is 11.3 Å². The van der Waals surface area contributed by atoms with Crippen LogP contribution in [0.5, 0.6) is 0 Å². The number of aryl methyl sites for hydroxylation is 1. The quantitative estimate of drug-likeness (QED) is 0.614. The van der Waals surface area contributed by atoms with Crippen LogP contribution in [0.2, 0.25) is 4.34 Å². The van der Waals surface area contributed by atoms with Gasteiger partial charge >= 0.3 is 0 Å². The van der Waals surface area contributed by atoms with Crippen molar-refractivity contribution in [2.75, 3.05) is 18.5 Å². The first-order chi connectivity index (χ1) is 11.1. The van der Waals surface area contributed by atoms with E-state index in [1.807, 2.05) is 26.2 Å². The fourth-order valence-electron chi connectivity index (χ4n) is 2.95. The monoisotopic (exact) mass is 359 g/mol. The first kappa shape index (κ1) is 18.5. The molecule has 1 spiro atoms. The maximum atomic E-state index is 6.15. The van der Waals surface area contributed by atoms with Crippen molar-refractivity contribution < 1.29 is 9.47 Å². The summed E-state index contributed by atoms with van der Waals surface area (Å²) in [5, 5.41) is 5.10. The number of rotatable bonds is 2. The average Bonchev–Trinajstić information content (AvgIpc) is 3.14. The Labute approximate surface area is 147 Å². The second-order valence-corrected chi connectivity index (χ2v) is 6.96. The first-order valence-electron chi connectivity index (χ1n) is 8.22. The van der Waals surface area contributed by atoms with Crippen LogP contribution in [0, 0.1) is 6.92 Å². The average molecular weight is 360 g/mol. The highest BCUT2D eigenvalue weighted by atomic mass is 35.5. The van der Waals surface area contributed by atoms with E-state index in [4.69, 9.17) is 26.8 Å². The van der Waals surface area contributed by atoms with Crippen molar-refractivity contribution in [3.05, 3.63) is 15.3 Å². The molecule has 1 saturated carbocycles. The molecule has 1 saturated heterocycles. The number of thiophene rings is 1. The lowest BCUT2D eigenvalue weighted by Crippen LogP contribution is -2.46. The van der Waals surface area contributed by atoms with Gasteiger partial charge in [-0.25, -0.2) is 4.99 Å². The predicted octanol–water partition coefficient (Wildman–Crippen LogP) is 4.15. The standard InChI is InChI=1S/C14H20ClN3O2S.C2H6/c1-9-8-21-12(15)11(9)18-13(16)17-10-4-2-3-5-14(10)19-6-7-20-14;1-2/h8,10H,2-7H2,1H3,(H3,16,17,18);1-2H3. The molecule has 130 valence electrons. The van der Waals surface area contributed by atoms with E-state index in [0.717, 1.165) is 36.9 Å². The molecule has 0 radical (unpaired) electrons. The smallest absolute Gasteiger partial charge is 0.193 e.